The average Bonchev–Trinajstić information content (AvgIpc) is 3.14. The lowest BCUT2D eigenvalue weighted by atomic mass is 10.0. The minimum atomic E-state index is 0.670. The van der Waals surface area contributed by atoms with Gasteiger partial charge in [0.2, 0.25) is 0 Å². The van der Waals surface area contributed by atoms with Crippen molar-refractivity contribution in [3.05, 3.63) is 47.3 Å². The molecular weight excluding hydrogens is 274 g/mol. The molecule has 0 amide bonds. The zero-order chi connectivity index (χ0) is 15.5. The largest absolute Gasteiger partial charge is 0.381 e. The van der Waals surface area contributed by atoms with Gasteiger partial charge in [0.15, 0.2) is 0 Å². The summed E-state index contributed by atoms with van der Waals surface area (Å²) < 4.78 is 7.46. The molecule has 4 nitrogen and oxygen atoms in total. The number of nitrogens with zero attached hydrogens (tertiary/aromatic N) is 3. The van der Waals surface area contributed by atoms with Crippen molar-refractivity contribution in [2.45, 2.75) is 26.8 Å². The van der Waals surface area contributed by atoms with E-state index in [4.69, 9.17) is 4.74 Å². The van der Waals surface area contributed by atoms with Crippen molar-refractivity contribution in [2.75, 3.05) is 26.8 Å². The van der Waals surface area contributed by atoms with Crippen LogP contribution in [0.15, 0.2) is 30.6 Å². The minimum Gasteiger partial charge on any atom is -0.381 e. The molecule has 0 unspecified atom stereocenters. The van der Waals surface area contributed by atoms with Gasteiger partial charge in [-0.2, -0.15) is 5.10 Å². The van der Waals surface area contributed by atoms with E-state index in [0.29, 0.717) is 5.92 Å². The molecule has 1 aliphatic rings. The van der Waals surface area contributed by atoms with E-state index in [1.807, 2.05) is 23.1 Å². The van der Waals surface area contributed by atoms with E-state index >= 15 is 0 Å². The number of ether oxygens (including phenoxy) is 1. The average molecular weight is 299 g/mol. The van der Waals surface area contributed by atoms with Gasteiger partial charge in [-0.1, -0.05) is 6.07 Å². The van der Waals surface area contributed by atoms with Crippen LogP contribution in [-0.4, -0.2) is 41.5 Å². The molecule has 4 heteroatoms. The first-order chi connectivity index (χ1) is 10.6. The van der Waals surface area contributed by atoms with E-state index in [0.717, 1.165) is 26.3 Å². The Kier molecular flexibility index (Phi) is 4.60. The van der Waals surface area contributed by atoms with Gasteiger partial charge in [0.05, 0.1) is 12.3 Å². The second-order valence-corrected chi connectivity index (χ2v) is 6.46. The Bertz CT molecular complexity index is 616. The third-order valence-electron chi connectivity index (χ3n) is 4.37. The number of hydrogen-bond donors (Lipinski definition) is 0. The molecule has 1 aliphatic heterocycles. The number of rotatable bonds is 5. The monoisotopic (exact) mass is 299 g/mol. The van der Waals surface area contributed by atoms with Crippen molar-refractivity contribution in [1.29, 1.82) is 0 Å². The van der Waals surface area contributed by atoms with E-state index in [1.54, 1.807) is 0 Å². The first-order valence-corrected chi connectivity index (χ1v) is 8.00. The predicted molar refractivity (Wildman–Crippen MR) is 88.3 cm³/mol. The fourth-order valence-electron chi connectivity index (χ4n) is 3.30. The zero-order valence-electron chi connectivity index (χ0n) is 13.7. The summed E-state index contributed by atoms with van der Waals surface area (Å²) in [4.78, 5) is 2.41. The van der Waals surface area contributed by atoms with Crippen molar-refractivity contribution in [1.82, 2.24) is 14.7 Å². The predicted octanol–water partition coefficient (Wildman–Crippen LogP) is 2.96. The number of benzene rings is 1. The van der Waals surface area contributed by atoms with Gasteiger partial charge < -0.3 is 9.64 Å². The molecule has 22 heavy (non-hydrogen) atoms. The fourth-order valence-corrected chi connectivity index (χ4v) is 3.30. The summed E-state index contributed by atoms with van der Waals surface area (Å²) in [6.07, 6.45) is 5.03. The summed E-state index contributed by atoms with van der Waals surface area (Å²) in [5.41, 5.74) is 5.16. The molecule has 0 aliphatic carbocycles. The highest BCUT2D eigenvalue weighted by molar-refractivity contribution is 5.48. The van der Waals surface area contributed by atoms with E-state index in [9.17, 15) is 0 Å². The lowest BCUT2D eigenvalue weighted by Crippen LogP contribution is -2.26. The van der Waals surface area contributed by atoms with E-state index in [2.05, 4.69) is 43.0 Å². The molecule has 118 valence electrons. The zero-order valence-corrected chi connectivity index (χ0v) is 13.7. The van der Waals surface area contributed by atoms with Gasteiger partial charge in [-0.25, -0.2) is 4.68 Å². The van der Waals surface area contributed by atoms with Crippen molar-refractivity contribution in [3.63, 3.8) is 0 Å². The minimum absolute atomic E-state index is 0.670. The number of hydrogen-bond acceptors (Lipinski definition) is 3. The molecular formula is C18H25N3O. The molecule has 1 aromatic carbocycles. The van der Waals surface area contributed by atoms with Gasteiger partial charge in [-0.05, 0) is 62.1 Å². The van der Waals surface area contributed by atoms with Crippen LogP contribution in [0, 0.1) is 19.8 Å². The molecule has 0 bridgehead atoms. The smallest absolute Gasteiger partial charge is 0.0695 e. The highest BCUT2D eigenvalue weighted by Crippen LogP contribution is 2.23. The maximum absolute atomic E-state index is 5.49. The normalized spacial score (nSPS) is 18.3. The van der Waals surface area contributed by atoms with Crippen LogP contribution >= 0.6 is 0 Å². The van der Waals surface area contributed by atoms with Crippen LogP contribution in [0.2, 0.25) is 0 Å². The maximum atomic E-state index is 5.49. The van der Waals surface area contributed by atoms with Crippen LogP contribution in [-0.2, 0) is 11.3 Å². The molecule has 0 spiro atoms. The Morgan fingerprint density at radius 2 is 2.23 bits per heavy atom. The third kappa shape index (κ3) is 3.39. The summed E-state index contributed by atoms with van der Waals surface area (Å²) >= 11 is 0. The van der Waals surface area contributed by atoms with Crippen LogP contribution in [0.4, 0.5) is 0 Å². The van der Waals surface area contributed by atoms with E-state index in [1.165, 1.54) is 28.8 Å². The molecule has 1 fully saturated rings. The Morgan fingerprint density at radius 1 is 1.36 bits per heavy atom. The molecule has 0 saturated carbocycles. The Hall–Kier alpha value is -1.65. The lowest BCUT2D eigenvalue weighted by molar-refractivity contribution is 0.173. The molecule has 1 atom stereocenters. The number of aryl methyl sites for hydroxylation is 2. The first-order valence-electron chi connectivity index (χ1n) is 8.00. The van der Waals surface area contributed by atoms with Crippen LogP contribution in [0.5, 0.6) is 0 Å². The molecule has 1 aromatic heterocycles. The highest BCUT2D eigenvalue weighted by Gasteiger charge is 2.19. The van der Waals surface area contributed by atoms with Crippen molar-refractivity contribution in [3.8, 4) is 5.69 Å². The topological polar surface area (TPSA) is 30.3 Å². The summed E-state index contributed by atoms with van der Waals surface area (Å²) in [5.74, 6) is 0.670. The van der Waals surface area contributed by atoms with Gasteiger partial charge in [0.1, 0.15) is 0 Å². The first kappa shape index (κ1) is 15.3. The summed E-state index contributed by atoms with van der Waals surface area (Å²) in [6.45, 7) is 8.19. The van der Waals surface area contributed by atoms with Crippen LogP contribution in [0.3, 0.4) is 0 Å². The van der Waals surface area contributed by atoms with Gasteiger partial charge in [0.25, 0.3) is 0 Å². The Balaban J connectivity index is 1.82. The molecule has 2 aromatic rings. The van der Waals surface area contributed by atoms with Gasteiger partial charge in [-0.15, -0.1) is 0 Å². The van der Waals surface area contributed by atoms with Gasteiger partial charge >= 0.3 is 0 Å². The van der Waals surface area contributed by atoms with Gasteiger partial charge in [-0.3, -0.25) is 0 Å². The Morgan fingerprint density at radius 3 is 2.91 bits per heavy atom. The van der Waals surface area contributed by atoms with Crippen LogP contribution in [0.1, 0.15) is 23.1 Å². The second kappa shape index (κ2) is 6.63. The Labute approximate surface area is 132 Å². The van der Waals surface area contributed by atoms with E-state index < -0.39 is 0 Å². The second-order valence-electron chi connectivity index (χ2n) is 6.46. The molecule has 1 saturated heterocycles. The molecule has 3 rings (SSSR count). The summed E-state index contributed by atoms with van der Waals surface area (Å²) in [7, 11) is 2.20. The number of aromatic nitrogens is 2. The molecule has 0 radical (unpaired) electrons. The quantitative estimate of drug-likeness (QED) is 0.850. The third-order valence-corrected chi connectivity index (χ3v) is 4.37. The van der Waals surface area contributed by atoms with Crippen molar-refractivity contribution in [2.24, 2.45) is 5.92 Å². The maximum Gasteiger partial charge on any atom is 0.0695 e. The van der Waals surface area contributed by atoms with Crippen molar-refractivity contribution >= 4 is 0 Å². The van der Waals surface area contributed by atoms with E-state index in [-0.39, 0.29) is 0 Å². The molecule has 2 heterocycles. The highest BCUT2D eigenvalue weighted by atomic mass is 16.5. The standard InChI is InChI=1S/C18H25N3O/c1-14-9-15(2)17(18(10-14)21-7-4-6-19-21)12-20(3)11-16-5-8-22-13-16/h4,6-7,9-10,16H,5,8,11-13H2,1-3H3/t16-/m1/s1. The van der Waals surface area contributed by atoms with Gasteiger partial charge in [0, 0.05) is 32.1 Å². The lowest BCUT2D eigenvalue weighted by Gasteiger charge is -2.23. The fraction of sp³-hybridized carbons (Fsp3) is 0.500. The summed E-state index contributed by atoms with van der Waals surface area (Å²) in [5, 5.41) is 4.42. The molecule has 0 N–H and O–H groups in total. The summed E-state index contributed by atoms with van der Waals surface area (Å²) in [6, 6.07) is 6.46. The van der Waals surface area contributed by atoms with Crippen LogP contribution in [0.25, 0.3) is 5.69 Å². The van der Waals surface area contributed by atoms with Crippen LogP contribution < -0.4 is 0 Å². The van der Waals surface area contributed by atoms with Crippen molar-refractivity contribution < 1.29 is 4.74 Å². The SMILES string of the molecule is Cc1cc(C)c(CN(C)C[C@H]2CCOC2)c(-n2cccn2)c1.